The Morgan fingerprint density at radius 3 is 2.73 bits per heavy atom. The molecule has 2 aliphatic rings. The zero-order valence-electron chi connectivity index (χ0n) is 14.0. The van der Waals surface area contributed by atoms with E-state index >= 15 is 0 Å². The maximum Gasteiger partial charge on any atom is 0.272 e. The molecule has 0 unspecified atom stereocenters. The Labute approximate surface area is 150 Å². The summed E-state index contributed by atoms with van der Waals surface area (Å²) in [7, 11) is 0. The van der Waals surface area contributed by atoms with Crippen LogP contribution in [-0.2, 0) is 16.1 Å². The molecular weight excluding hydrogens is 337 g/mol. The van der Waals surface area contributed by atoms with Crippen molar-refractivity contribution >= 4 is 11.8 Å². The van der Waals surface area contributed by atoms with Crippen molar-refractivity contribution in [3.05, 3.63) is 65.7 Å². The molecule has 0 N–H and O–H groups in total. The van der Waals surface area contributed by atoms with Crippen molar-refractivity contribution in [3.63, 3.8) is 0 Å². The SMILES string of the molecule is O=C(c1ccccn1)N1C[C@@H]2OCC(=O)N(Cc3ccc(F)cc3)[C@H]2C1. The highest BCUT2D eigenvalue weighted by Crippen LogP contribution is 2.26. The number of hydrogen-bond acceptors (Lipinski definition) is 4. The molecule has 2 aromatic rings. The summed E-state index contributed by atoms with van der Waals surface area (Å²) in [5.74, 6) is -0.603. The zero-order valence-corrected chi connectivity index (χ0v) is 14.0. The van der Waals surface area contributed by atoms with Crippen LogP contribution in [-0.4, -0.2) is 58.4 Å². The molecule has 2 fully saturated rings. The van der Waals surface area contributed by atoms with Gasteiger partial charge in [0.2, 0.25) is 5.91 Å². The van der Waals surface area contributed by atoms with Crippen LogP contribution < -0.4 is 0 Å². The minimum absolute atomic E-state index is 0.00597. The van der Waals surface area contributed by atoms with Gasteiger partial charge in [0.25, 0.3) is 5.91 Å². The van der Waals surface area contributed by atoms with Crippen molar-refractivity contribution in [2.45, 2.75) is 18.7 Å². The monoisotopic (exact) mass is 355 g/mol. The van der Waals surface area contributed by atoms with Gasteiger partial charge < -0.3 is 14.5 Å². The van der Waals surface area contributed by atoms with Crippen molar-refractivity contribution in [1.82, 2.24) is 14.8 Å². The molecule has 6 nitrogen and oxygen atoms in total. The second-order valence-electron chi connectivity index (χ2n) is 6.49. The Bertz CT molecular complexity index is 813. The summed E-state index contributed by atoms with van der Waals surface area (Å²) in [6.07, 6.45) is 1.36. The van der Waals surface area contributed by atoms with Crippen molar-refractivity contribution in [2.24, 2.45) is 0 Å². The van der Waals surface area contributed by atoms with E-state index in [-0.39, 0.29) is 36.4 Å². The molecule has 0 radical (unpaired) electrons. The van der Waals surface area contributed by atoms with E-state index in [1.54, 1.807) is 46.3 Å². The zero-order chi connectivity index (χ0) is 18.1. The van der Waals surface area contributed by atoms with Crippen molar-refractivity contribution < 1.29 is 18.7 Å². The number of morpholine rings is 1. The third kappa shape index (κ3) is 3.17. The molecule has 26 heavy (non-hydrogen) atoms. The molecule has 2 atom stereocenters. The van der Waals surface area contributed by atoms with Gasteiger partial charge in [-0.25, -0.2) is 4.39 Å². The lowest BCUT2D eigenvalue weighted by Gasteiger charge is -2.36. The quantitative estimate of drug-likeness (QED) is 0.837. The minimum atomic E-state index is -0.312. The van der Waals surface area contributed by atoms with Crippen LogP contribution in [0.2, 0.25) is 0 Å². The lowest BCUT2D eigenvalue weighted by atomic mass is 10.1. The molecule has 0 bridgehead atoms. The number of benzene rings is 1. The third-order valence-corrected chi connectivity index (χ3v) is 4.82. The van der Waals surface area contributed by atoms with E-state index in [4.69, 9.17) is 4.74 Å². The number of fused-ring (bicyclic) bond motifs is 1. The normalized spacial score (nSPS) is 22.4. The predicted octanol–water partition coefficient (Wildman–Crippen LogP) is 1.47. The first kappa shape index (κ1) is 16.7. The largest absolute Gasteiger partial charge is 0.364 e. The number of aromatic nitrogens is 1. The van der Waals surface area contributed by atoms with Gasteiger partial charge in [-0.15, -0.1) is 0 Å². The predicted molar refractivity (Wildman–Crippen MR) is 90.6 cm³/mol. The molecule has 0 aliphatic carbocycles. The van der Waals surface area contributed by atoms with Crippen LogP contribution in [0.25, 0.3) is 0 Å². The fourth-order valence-electron chi connectivity index (χ4n) is 3.48. The Hall–Kier alpha value is -2.80. The third-order valence-electron chi connectivity index (χ3n) is 4.82. The van der Waals surface area contributed by atoms with Crippen LogP contribution in [0.1, 0.15) is 16.1 Å². The van der Waals surface area contributed by atoms with Crippen molar-refractivity contribution in [1.29, 1.82) is 0 Å². The van der Waals surface area contributed by atoms with E-state index < -0.39 is 0 Å². The molecule has 3 heterocycles. The van der Waals surface area contributed by atoms with Crippen LogP contribution >= 0.6 is 0 Å². The maximum absolute atomic E-state index is 13.1. The van der Waals surface area contributed by atoms with Crippen LogP contribution in [0.5, 0.6) is 0 Å². The van der Waals surface area contributed by atoms with Gasteiger partial charge >= 0.3 is 0 Å². The van der Waals surface area contributed by atoms with E-state index in [0.29, 0.717) is 25.3 Å². The number of nitrogens with zero attached hydrogens (tertiary/aromatic N) is 3. The summed E-state index contributed by atoms with van der Waals surface area (Å²) in [4.78, 5) is 32.5. The Morgan fingerprint density at radius 2 is 2.00 bits per heavy atom. The molecule has 1 aromatic heterocycles. The first-order chi connectivity index (χ1) is 12.6. The highest BCUT2D eigenvalue weighted by molar-refractivity contribution is 5.92. The smallest absolute Gasteiger partial charge is 0.272 e. The summed E-state index contributed by atoms with van der Waals surface area (Å²) in [5.41, 5.74) is 1.22. The highest BCUT2D eigenvalue weighted by Gasteiger charge is 2.44. The standard InChI is InChI=1S/C19H18FN3O3/c20-14-6-4-13(5-7-14)9-23-16-10-22(11-17(16)26-12-18(23)24)19(25)15-3-1-2-8-21-15/h1-8,16-17H,9-12H2/t16-,17-/m0/s1. The average Bonchev–Trinajstić information content (AvgIpc) is 3.10. The fourth-order valence-corrected chi connectivity index (χ4v) is 3.48. The van der Waals surface area contributed by atoms with Crippen LogP contribution in [0.3, 0.4) is 0 Å². The lowest BCUT2D eigenvalue weighted by molar-refractivity contribution is -0.153. The Kier molecular flexibility index (Phi) is 4.38. The van der Waals surface area contributed by atoms with Gasteiger partial charge in [-0.1, -0.05) is 18.2 Å². The van der Waals surface area contributed by atoms with Gasteiger partial charge in [0.05, 0.1) is 12.1 Å². The van der Waals surface area contributed by atoms with E-state index in [9.17, 15) is 14.0 Å². The van der Waals surface area contributed by atoms with Crippen LogP contribution in [0, 0.1) is 5.82 Å². The van der Waals surface area contributed by atoms with Crippen molar-refractivity contribution in [3.8, 4) is 0 Å². The lowest BCUT2D eigenvalue weighted by Crippen LogP contribution is -2.53. The molecule has 134 valence electrons. The molecule has 1 aromatic carbocycles. The van der Waals surface area contributed by atoms with Gasteiger partial charge in [0.1, 0.15) is 18.1 Å². The fraction of sp³-hybridized carbons (Fsp3) is 0.316. The van der Waals surface area contributed by atoms with Gasteiger partial charge in [0, 0.05) is 25.8 Å². The summed E-state index contributed by atoms with van der Waals surface area (Å²) in [6, 6.07) is 11.1. The number of ether oxygens (including phenoxy) is 1. The van der Waals surface area contributed by atoms with Crippen LogP contribution in [0.15, 0.2) is 48.7 Å². The summed E-state index contributed by atoms with van der Waals surface area (Å²) in [6.45, 7) is 1.18. The first-order valence-corrected chi connectivity index (χ1v) is 8.47. The number of carbonyl (C=O) groups is 2. The number of rotatable bonds is 3. The number of hydrogen-bond donors (Lipinski definition) is 0. The molecule has 7 heteroatoms. The van der Waals surface area contributed by atoms with E-state index in [1.165, 1.54) is 12.1 Å². The number of carbonyl (C=O) groups excluding carboxylic acids is 2. The molecule has 0 saturated carbocycles. The topological polar surface area (TPSA) is 62.7 Å². The number of likely N-dealkylation sites (tertiary alicyclic amines) is 1. The molecule has 0 spiro atoms. The summed E-state index contributed by atoms with van der Waals surface area (Å²) < 4.78 is 18.8. The molecular formula is C19H18FN3O3. The van der Waals surface area contributed by atoms with Gasteiger partial charge in [-0.05, 0) is 29.8 Å². The molecule has 4 rings (SSSR count). The molecule has 2 amide bonds. The van der Waals surface area contributed by atoms with E-state index in [1.807, 2.05) is 0 Å². The number of pyridine rings is 1. The van der Waals surface area contributed by atoms with Crippen LogP contribution in [0.4, 0.5) is 4.39 Å². The highest BCUT2D eigenvalue weighted by atomic mass is 19.1. The number of amides is 2. The number of halogens is 1. The van der Waals surface area contributed by atoms with E-state index in [0.717, 1.165) is 5.56 Å². The van der Waals surface area contributed by atoms with Crippen molar-refractivity contribution in [2.75, 3.05) is 19.7 Å². The summed E-state index contributed by atoms with van der Waals surface area (Å²) >= 11 is 0. The van der Waals surface area contributed by atoms with Gasteiger partial charge in [-0.3, -0.25) is 14.6 Å². The Balaban J connectivity index is 1.51. The maximum atomic E-state index is 13.1. The molecule has 2 aliphatic heterocycles. The second-order valence-corrected chi connectivity index (χ2v) is 6.49. The summed E-state index contributed by atoms with van der Waals surface area (Å²) in [5, 5.41) is 0. The minimum Gasteiger partial charge on any atom is -0.364 e. The van der Waals surface area contributed by atoms with Gasteiger partial charge in [-0.2, -0.15) is 0 Å². The average molecular weight is 355 g/mol. The Morgan fingerprint density at radius 1 is 1.19 bits per heavy atom. The first-order valence-electron chi connectivity index (χ1n) is 8.47. The molecule has 2 saturated heterocycles. The van der Waals surface area contributed by atoms with E-state index in [2.05, 4.69) is 4.98 Å². The second kappa shape index (κ2) is 6.84. The van der Waals surface area contributed by atoms with Gasteiger partial charge in [0.15, 0.2) is 0 Å².